The molecule has 0 bridgehead atoms. The number of cyclic esters (lactones) is 1. The van der Waals surface area contributed by atoms with Gasteiger partial charge in [-0.1, -0.05) is 0 Å². The highest BCUT2D eigenvalue weighted by atomic mass is 16.6. The van der Waals surface area contributed by atoms with Gasteiger partial charge in [-0.15, -0.1) is 0 Å². The Bertz CT molecular complexity index is 217. The molecule has 1 aliphatic heterocycles. The number of esters is 1. The zero-order valence-electron chi connectivity index (χ0n) is 7.04. The summed E-state index contributed by atoms with van der Waals surface area (Å²) in [4.78, 5) is 10.8. The summed E-state index contributed by atoms with van der Waals surface area (Å²) in [6, 6.07) is 0. The molecule has 0 aliphatic carbocycles. The Kier molecular flexibility index (Phi) is 2.58. The second kappa shape index (κ2) is 3.22. The summed E-state index contributed by atoms with van der Waals surface area (Å²) < 4.78 is 4.58. The van der Waals surface area contributed by atoms with E-state index in [-0.39, 0.29) is 0 Å². The molecule has 76 valence electrons. The third-order valence-electron chi connectivity index (χ3n) is 2.28. The zero-order chi connectivity index (χ0) is 10.2. The van der Waals surface area contributed by atoms with Gasteiger partial charge in [-0.25, -0.2) is 4.79 Å². The maximum atomic E-state index is 10.8. The van der Waals surface area contributed by atoms with Crippen LogP contribution in [0.1, 0.15) is 6.92 Å². The molecule has 0 radical (unpaired) electrons. The first-order chi connectivity index (χ1) is 5.93. The molecule has 4 N–H and O–H groups in total. The average Bonchev–Trinajstić information content (AvgIpc) is 2.30. The molecule has 1 heterocycles. The summed E-state index contributed by atoms with van der Waals surface area (Å²) in [6.45, 7) is 0.584. The summed E-state index contributed by atoms with van der Waals surface area (Å²) >= 11 is 0. The maximum Gasteiger partial charge on any atom is 0.338 e. The molecule has 13 heavy (non-hydrogen) atoms. The fourth-order valence-corrected chi connectivity index (χ4v) is 1.23. The third-order valence-corrected chi connectivity index (χ3v) is 2.28. The van der Waals surface area contributed by atoms with Crippen molar-refractivity contribution in [3.8, 4) is 0 Å². The van der Waals surface area contributed by atoms with Crippen molar-refractivity contribution in [1.29, 1.82) is 0 Å². The molecule has 0 saturated carbocycles. The van der Waals surface area contributed by atoms with Gasteiger partial charge in [0.05, 0.1) is 6.61 Å². The maximum absolute atomic E-state index is 10.8. The smallest absolute Gasteiger partial charge is 0.338 e. The van der Waals surface area contributed by atoms with Gasteiger partial charge in [0.2, 0.25) is 0 Å². The van der Waals surface area contributed by atoms with Crippen molar-refractivity contribution in [2.75, 3.05) is 6.61 Å². The molecule has 0 aromatic carbocycles. The Morgan fingerprint density at radius 3 is 2.46 bits per heavy atom. The van der Waals surface area contributed by atoms with Crippen LogP contribution in [0.25, 0.3) is 0 Å². The molecule has 0 unspecified atom stereocenters. The van der Waals surface area contributed by atoms with Crippen LogP contribution in [0.15, 0.2) is 0 Å². The van der Waals surface area contributed by atoms with Crippen molar-refractivity contribution >= 4 is 5.97 Å². The Hall–Kier alpha value is -0.690. The van der Waals surface area contributed by atoms with Gasteiger partial charge in [0.25, 0.3) is 0 Å². The first-order valence-corrected chi connectivity index (χ1v) is 3.81. The van der Waals surface area contributed by atoms with Crippen molar-refractivity contribution in [3.05, 3.63) is 0 Å². The Morgan fingerprint density at radius 1 is 1.62 bits per heavy atom. The van der Waals surface area contributed by atoms with E-state index in [1.807, 2.05) is 0 Å². The number of aliphatic hydroxyl groups excluding tert-OH is 4. The molecule has 4 atom stereocenters. The predicted molar refractivity (Wildman–Crippen MR) is 39.6 cm³/mol. The Morgan fingerprint density at radius 2 is 2.15 bits per heavy atom. The van der Waals surface area contributed by atoms with Crippen molar-refractivity contribution in [1.82, 2.24) is 0 Å². The van der Waals surface area contributed by atoms with Crippen LogP contribution in [0.4, 0.5) is 0 Å². The fourth-order valence-electron chi connectivity index (χ4n) is 1.23. The molecule has 0 aromatic heterocycles. The average molecular weight is 192 g/mol. The third kappa shape index (κ3) is 1.42. The van der Waals surface area contributed by atoms with E-state index in [4.69, 9.17) is 10.2 Å². The van der Waals surface area contributed by atoms with Crippen LogP contribution in [0.3, 0.4) is 0 Å². The number of hydrogen-bond donors (Lipinski definition) is 4. The van der Waals surface area contributed by atoms with Gasteiger partial charge in [-0.3, -0.25) is 0 Å². The topological polar surface area (TPSA) is 107 Å². The van der Waals surface area contributed by atoms with Crippen molar-refractivity contribution in [2.24, 2.45) is 0 Å². The quantitative estimate of drug-likeness (QED) is 0.357. The highest BCUT2D eigenvalue weighted by Gasteiger charge is 2.55. The highest BCUT2D eigenvalue weighted by Crippen LogP contribution is 2.30. The second-order valence-corrected chi connectivity index (χ2v) is 3.19. The number of carbonyl (C=O) groups excluding carboxylic acids is 1. The van der Waals surface area contributed by atoms with Gasteiger partial charge in [0.15, 0.2) is 11.7 Å². The number of hydrogen-bond acceptors (Lipinski definition) is 6. The minimum absolute atomic E-state index is 0.659. The molecule has 1 fully saturated rings. The van der Waals surface area contributed by atoms with E-state index in [0.29, 0.717) is 0 Å². The van der Waals surface area contributed by atoms with Gasteiger partial charge in [-0.2, -0.15) is 0 Å². The van der Waals surface area contributed by atoms with Crippen LogP contribution in [0, 0.1) is 0 Å². The summed E-state index contributed by atoms with van der Waals surface area (Å²) in [5, 5.41) is 36.2. The van der Waals surface area contributed by atoms with E-state index in [9.17, 15) is 15.0 Å². The van der Waals surface area contributed by atoms with Crippen LogP contribution in [-0.2, 0) is 9.53 Å². The second-order valence-electron chi connectivity index (χ2n) is 3.19. The summed E-state index contributed by atoms with van der Waals surface area (Å²) in [5.41, 5.74) is -1.63. The van der Waals surface area contributed by atoms with Gasteiger partial charge >= 0.3 is 5.97 Å². The van der Waals surface area contributed by atoms with E-state index in [2.05, 4.69) is 4.74 Å². The van der Waals surface area contributed by atoms with Gasteiger partial charge < -0.3 is 25.2 Å². The minimum Gasteiger partial charge on any atom is -0.452 e. The molecule has 1 saturated heterocycles. The van der Waals surface area contributed by atoms with E-state index >= 15 is 0 Å². The number of aliphatic hydroxyl groups is 4. The lowest BCUT2D eigenvalue weighted by Crippen LogP contribution is -2.51. The summed E-state index contributed by atoms with van der Waals surface area (Å²) in [6.07, 6.45) is -4.60. The standard InChI is InChI=1S/C7H12O6/c1-7(3(9)2-8)5(11)4(10)6(12)13-7/h3-5,8-11H,2H2,1H3/t3-,4-,5-,7-/m1/s1. The molecule has 0 aromatic rings. The lowest BCUT2D eigenvalue weighted by molar-refractivity contribution is -0.167. The number of carbonyl (C=O) groups is 1. The zero-order valence-corrected chi connectivity index (χ0v) is 7.04. The van der Waals surface area contributed by atoms with Gasteiger partial charge in [-0.05, 0) is 6.92 Å². The van der Waals surface area contributed by atoms with Crippen LogP contribution in [-0.4, -0.2) is 56.9 Å². The predicted octanol–water partition coefficient (Wildman–Crippen LogP) is -2.62. The van der Waals surface area contributed by atoms with Crippen molar-refractivity contribution < 1.29 is 30.0 Å². The molecule has 0 amide bonds. The van der Waals surface area contributed by atoms with E-state index in [0.717, 1.165) is 0 Å². The van der Waals surface area contributed by atoms with E-state index < -0.39 is 36.5 Å². The van der Waals surface area contributed by atoms with E-state index in [1.165, 1.54) is 6.92 Å². The molecular weight excluding hydrogens is 180 g/mol. The molecule has 6 heteroatoms. The fraction of sp³-hybridized carbons (Fsp3) is 0.857. The van der Waals surface area contributed by atoms with Crippen molar-refractivity contribution in [2.45, 2.75) is 30.8 Å². The largest absolute Gasteiger partial charge is 0.452 e. The summed E-state index contributed by atoms with van der Waals surface area (Å²) in [7, 11) is 0. The lowest BCUT2D eigenvalue weighted by Gasteiger charge is -2.30. The first-order valence-electron chi connectivity index (χ1n) is 3.81. The normalized spacial score (nSPS) is 41.8. The molecule has 1 rings (SSSR count). The molecular formula is C7H12O6. The van der Waals surface area contributed by atoms with E-state index in [1.54, 1.807) is 0 Å². The van der Waals surface area contributed by atoms with Crippen LogP contribution >= 0.6 is 0 Å². The number of rotatable bonds is 2. The van der Waals surface area contributed by atoms with Crippen LogP contribution < -0.4 is 0 Å². The number of ether oxygens (including phenoxy) is 1. The van der Waals surface area contributed by atoms with Gasteiger partial charge in [0, 0.05) is 0 Å². The minimum atomic E-state index is -1.66. The molecule has 0 spiro atoms. The SMILES string of the molecule is C[C@]1([C@H](O)CO)OC(=O)[C@H](O)[C@H]1O. The molecule has 6 nitrogen and oxygen atoms in total. The lowest BCUT2D eigenvalue weighted by atomic mass is 9.92. The van der Waals surface area contributed by atoms with Crippen LogP contribution in [0.2, 0.25) is 0 Å². The van der Waals surface area contributed by atoms with Crippen LogP contribution in [0.5, 0.6) is 0 Å². The first kappa shape index (κ1) is 10.4. The summed E-state index contributed by atoms with van der Waals surface area (Å²) in [5.74, 6) is -0.998. The Balaban J connectivity index is 2.87. The van der Waals surface area contributed by atoms with Gasteiger partial charge in [0.1, 0.15) is 12.2 Å². The van der Waals surface area contributed by atoms with Crippen molar-refractivity contribution in [3.63, 3.8) is 0 Å². The molecule has 1 aliphatic rings. The Labute approximate surface area is 74.4 Å². The highest BCUT2D eigenvalue weighted by molar-refractivity contribution is 5.78. The monoisotopic (exact) mass is 192 g/mol.